The van der Waals surface area contributed by atoms with Crippen molar-refractivity contribution in [3.05, 3.63) is 65.7 Å². The third-order valence-corrected chi connectivity index (χ3v) is 5.27. The summed E-state index contributed by atoms with van der Waals surface area (Å²) >= 11 is 0. The Kier molecular flexibility index (Phi) is 7.06. The van der Waals surface area contributed by atoms with E-state index in [1.165, 1.54) is 31.3 Å². The molecule has 8 heteroatoms. The predicted octanol–water partition coefficient (Wildman–Crippen LogP) is 2.47. The number of anilines is 1. The van der Waals surface area contributed by atoms with Crippen LogP contribution < -0.4 is 4.31 Å². The lowest BCUT2D eigenvalue weighted by Crippen LogP contribution is -2.24. The van der Waals surface area contributed by atoms with Crippen molar-refractivity contribution >= 4 is 33.2 Å². The van der Waals surface area contributed by atoms with Crippen LogP contribution >= 0.6 is 0 Å². The summed E-state index contributed by atoms with van der Waals surface area (Å²) in [6.07, 6.45) is 0.969. The molecule has 0 atom stereocenters. The van der Waals surface area contributed by atoms with Crippen LogP contribution in [0.15, 0.2) is 54.6 Å². The number of rotatable bonds is 9. The minimum absolute atomic E-state index is 0.00353. The standard InChI is InChI=1S/C20H21NO6S/c1-21(28(2,25)26)17-10-8-16(9-11-17)19(23)14-27-20(24)13-12-18(22)15-6-4-3-5-7-15/h3-11H,12-14H2,1-2H3. The highest BCUT2D eigenvalue weighted by molar-refractivity contribution is 7.92. The first-order chi connectivity index (χ1) is 13.2. The molecule has 0 aliphatic rings. The summed E-state index contributed by atoms with van der Waals surface area (Å²) in [7, 11) is -1.99. The van der Waals surface area contributed by atoms with Gasteiger partial charge in [-0.2, -0.15) is 0 Å². The van der Waals surface area contributed by atoms with E-state index in [1.54, 1.807) is 30.3 Å². The van der Waals surface area contributed by atoms with E-state index in [2.05, 4.69) is 0 Å². The van der Waals surface area contributed by atoms with Crippen molar-refractivity contribution in [2.45, 2.75) is 12.8 Å². The van der Waals surface area contributed by atoms with Crippen molar-refractivity contribution in [1.29, 1.82) is 0 Å². The van der Waals surface area contributed by atoms with Gasteiger partial charge in [0.25, 0.3) is 0 Å². The van der Waals surface area contributed by atoms with Crippen LogP contribution in [0.4, 0.5) is 5.69 Å². The number of ketones is 2. The molecule has 2 aromatic rings. The van der Waals surface area contributed by atoms with Gasteiger partial charge in [0.05, 0.1) is 18.4 Å². The fourth-order valence-corrected chi connectivity index (χ4v) is 2.84. The number of hydrogen-bond acceptors (Lipinski definition) is 6. The predicted molar refractivity (Wildman–Crippen MR) is 105 cm³/mol. The first-order valence-corrected chi connectivity index (χ1v) is 10.3. The van der Waals surface area contributed by atoms with Crippen LogP contribution in [-0.4, -0.2) is 45.9 Å². The van der Waals surface area contributed by atoms with E-state index in [0.29, 0.717) is 16.8 Å². The number of benzene rings is 2. The van der Waals surface area contributed by atoms with Gasteiger partial charge in [-0.05, 0) is 24.3 Å². The SMILES string of the molecule is CN(c1ccc(C(=O)COC(=O)CCC(=O)c2ccccc2)cc1)S(C)(=O)=O. The fraction of sp³-hybridized carbons (Fsp3) is 0.250. The van der Waals surface area contributed by atoms with Gasteiger partial charge in [-0.1, -0.05) is 30.3 Å². The molecular formula is C20H21NO6S. The lowest BCUT2D eigenvalue weighted by atomic mass is 10.1. The summed E-state index contributed by atoms with van der Waals surface area (Å²) in [6, 6.07) is 14.5. The van der Waals surface area contributed by atoms with Gasteiger partial charge in [0, 0.05) is 24.6 Å². The van der Waals surface area contributed by atoms with Crippen molar-refractivity contribution in [3.63, 3.8) is 0 Å². The summed E-state index contributed by atoms with van der Waals surface area (Å²) in [4.78, 5) is 35.8. The summed E-state index contributed by atoms with van der Waals surface area (Å²) in [6.45, 7) is -0.445. The van der Waals surface area contributed by atoms with E-state index in [4.69, 9.17) is 4.74 Å². The minimum atomic E-state index is -3.39. The van der Waals surface area contributed by atoms with E-state index >= 15 is 0 Å². The number of nitrogens with zero attached hydrogens (tertiary/aromatic N) is 1. The highest BCUT2D eigenvalue weighted by Crippen LogP contribution is 2.16. The Labute approximate surface area is 164 Å². The van der Waals surface area contributed by atoms with Gasteiger partial charge >= 0.3 is 5.97 Å². The minimum Gasteiger partial charge on any atom is -0.457 e. The Morgan fingerprint density at radius 2 is 1.43 bits per heavy atom. The number of hydrogen-bond donors (Lipinski definition) is 0. The monoisotopic (exact) mass is 403 g/mol. The lowest BCUT2D eigenvalue weighted by molar-refractivity contribution is -0.142. The molecule has 0 saturated carbocycles. The van der Waals surface area contributed by atoms with E-state index < -0.39 is 28.4 Å². The summed E-state index contributed by atoms with van der Waals surface area (Å²) in [5, 5.41) is 0. The molecular weight excluding hydrogens is 382 g/mol. The zero-order chi connectivity index (χ0) is 20.7. The van der Waals surface area contributed by atoms with Crippen LogP contribution in [0.3, 0.4) is 0 Å². The molecule has 0 bridgehead atoms. The molecule has 0 radical (unpaired) electrons. The molecule has 28 heavy (non-hydrogen) atoms. The molecule has 0 saturated heterocycles. The normalized spacial score (nSPS) is 10.9. The smallest absolute Gasteiger partial charge is 0.306 e. The average molecular weight is 403 g/mol. The summed E-state index contributed by atoms with van der Waals surface area (Å²) in [5.74, 6) is -1.23. The van der Waals surface area contributed by atoms with Gasteiger partial charge in [-0.3, -0.25) is 18.7 Å². The molecule has 0 unspecified atom stereocenters. The molecule has 148 valence electrons. The van der Waals surface area contributed by atoms with Gasteiger partial charge < -0.3 is 4.74 Å². The maximum absolute atomic E-state index is 12.1. The van der Waals surface area contributed by atoms with Crippen molar-refractivity contribution in [2.24, 2.45) is 0 Å². The third-order valence-electron chi connectivity index (χ3n) is 4.07. The lowest BCUT2D eigenvalue weighted by Gasteiger charge is -2.16. The van der Waals surface area contributed by atoms with Gasteiger partial charge in [0.15, 0.2) is 18.2 Å². The highest BCUT2D eigenvalue weighted by Gasteiger charge is 2.15. The van der Waals surface area contributed by atoms with Crippen molar-refractivity contribution in [3.8, 4) is 0 Å². The molecule has 0 aliphatic carbocycles. The molecule has 0 spiro atoms. The molecule has 0 amide bonds. The average Bonchev–Trinajstić information content (AvgIpc) is 2.69. The molecule has 0 aliphatic heterocycles. The molecule has 2 rings (SSSR count). The molecule has 2 aromatic carbocycles. The zero-order valence-electron chi connectivity index (χ0n) is 15.6. The number of ether oxygens (including phenoxy) is 1. The summed E-state index contributed by atoms with van der Waals surface area (Å²) in [5.41, 5.74) is 1.22. The van der Waals surface area contributed by atoms with Crippen molar-refractivity contribution in [1.82, 2.24) is 0 Å². The largest absolute Gasteiger partial charge is 0.457 e. The Balaban J connectivity index is 1.83. The maximum atomic E-state index is 12.1. The first kappa shape index (κ1) is 21.3. The number of sulfonamides is 1. The van der Waals surface area contributed by atoms with Gasteiger partial charge in [0.1, 0.15) is 0 Å². The highest BCUT2D eigenvalue weighted by atomic mass is 32.2. The zero-order valence-corrected chi connectivity index (χ0v) is 16.4. The molecule has 7 nitrogen and oxygen atoms in total. The number of Topliss-reactive ketones (excluding diaryl/α,β-unsaturated/α-hetero) is 2. The second kappa shape index (κ2) is 9.27. The molecule has 0 heterocycles. The van der Waals surface area contributed by atoms with Gasteiger partial charge in [-0.15, -0.1) is 0 Å². The van der Waals surface area contributed by atoms with Crippen LogP contribution in [0.25, 0.3) is 0 Å². The number of carbonyl (C=O) groups excluding carboxylic acids is 3. The quantitative estimate of drug-likeness (QED) is 0.471. The first-order valence-electron chi connectivity index (χ1n) is 8.49. The maximum Gasteiger partial charge on any atom is 0.306 e. The summed E-state index contributed by atoms with van der Waals surface area (Å²) < 4.78 is 29.0. The van der Waals surface area contributed by atoms with Crippen LogP contribution in [0.5, 0.6) is 0 Å². The van der Waals surface area contributed by atoms with Crippen LogP contribution in [0, 0.1) is 0 Å². The second-order valence-electron chi connectivity index (χ2n) is 6.15. The van der Waals surface area contributed by atoms with Crippen molar-refractivity contribution < 1.29 is 27.5 Å². The van der Waals surface area contributed by atoms with E-state index in [-0.39, 0.29) is 18.6 Å². The van der Waals surface area contributed by atoms with E-state index in [0.717, 1.165) is 10.6 Å². The second-order valence-corrected chi connectivity index (χ2v) is 8.16. The number of esters is 1. The Bertz CT molecular complexity index is 952. The molecule has 0 fully saturated rings. The molecule has 0 N–H and O–H groups in total. The molecule has 0 aromatic heterocycles. The number of carbonyl (C=O) groups is 3. The van der Waals surface area contributed by atoms with Crippen molar-refractivity contribution in [2.75, 3.05) is 24.2 Å². The van der Waals surface area contributed by atoms with Gasteiger partial charge in [-0.25, -0.2) is 8.42 Å². The van der Waals surface area contributed by atoms with E-state index in [9.17, 15) is 22.8 Å². The topological polar surface area (TPSA) is 97.8 Å². The Hall–Kier alpha value is -3.00. The van der Waals surface area contributed by atoms with Crippen LogP contribution in [0.1, 0.15) is 33.6 Å². The Morgan fingerprint density at radius 3 is 2.00 bits per heavy atom. The van der Waals surface area contributed by atoms with Crippen LogP contribution in [0.2, 0.25) is 0 Å². The van der Waals surface area contributed by atoms with Crippen LogP contribution in [-0.2, 0) is 19.6 Å². The third kappa shape index (κ3) is 6.02. The fourth-order valence-electron chi connectivity index (χ4n) is 2.33. The Morgan fingerprint density at radius 1 is 0.857 bits per heavy atom. The van der Waals surface area contributed by atoms with E-state index in [1.807, 2.05) is 0 Å². The van der Waals surface area contributed by atoms with Gasteiger partial charge in [0.2, 0.25) is 10.0 Å².